The average Bonchev–Trinajstić information content (AvgIpc) is 3.06. The van der Waals surface area contributed by atoms with E-state index < -0.39 is 0 Å². The molecule has 0 unspecified atom stereocenters. The van der Waals surface area contributed by atoms with E-state index in [9.17, 15) is 4.79 Å². The third kappa shape index (κ3) is 2.84. The monoisotopic (exact) mass is 328 g/mol. The van der Waals surface area contributed by atoms with Crippen LogP contribution < -0.4 is 4.90 Å². The first-order valence-corrected chi connectivity index (χ1v) is 8.33. The molecule has 0 bridgehead atoms. The van der Waals surface area contributed by atoms with Crippen molar-refractivity contribution in [3.8, 4) is 6.07 Å². The van der Waals surface area contributed by atoms with Crippen molar-refractivity contribution in [3.05, 3.63) is 17.8 Å². The standard InChI is InChI=1S/C17H24N6O/c1-12-6-9-23(15(24)4-7-18)10-14(12)22(3)17-13-5-8-19-16(13)21(2)11-20-17/h5,8,12,14,19H,4,6,9-11H2,1-3H3/t12-,14+/m0/s1. The van der Waals surface area contributed by atoms with Crippen LogP contribution in [0.2, 0.25) is 0 Å². The molecule has 7 heteroatoms. The first kappa shape index (κ1) is 16.4. The predicted octanol–water partition coefficient (Wildman–Crippen LogP) is 1.25. The van der Waals surface area contributed by atoms with E-state index in [-0.39, 0.29) is 18.4 Å². The molecule has 0 saturated carbocycles. The Kier molecular flexibility index (Phi) is 4.47. The molecule has 1 fully saturated rings. The van der Waals surface area contributed by atoms with E-state index in [2.05, 4.69) is 28.8 Å². The molecule has 2 aliphatic rings. The van der Waals surface area contributed by atoms with Crippen molar-refractivity contribution in [2.45, 2.75) is 25.8 Å². The van der Waals surface area contributed by atoms with Crippen molar-refractivity contribution in [1.82, 2.24) is 14.8 Å². The molecule has 1 amide bonds. The number of likely N-dealkylation sites (tertiary alicyclic amines) is 1. The highest BCUT2D eigenvalue weighted by atomic mass is 16.2. The molecule has 0 aliphatic carbocycles. The summed E-state index contributed by atoms with van der Waals surface area (Å²) in [7, 11) is 4.07. The van der Waals surface area contributed by atoms with E-state index >= 15 is 0 Å². The van der Waals surface area contributed by atoms with Crippen LogP contribution in [-0.2, 0) is 4.79 Å². The van der Waals surface area contributed by atoms with E-state index in [1.54, 1.807) is 0 Å². The van der Waals surface area contributed by atoms with Gasteiger partial charge in [0, 0.05) is 33.4 Å². The summed E-state index contributed by atoms with van der Waals surface area (Å²) in [4.78, 5) is 26.2. The molecule has 24 heavy (non-hydrogen) atoms. The number of aromatic nitrogens is 1. The van der Waals surface area contributed by atoms with Gasteiger partial charge in [-0.25, -0.2) is 4.99 Å². The van der Waals surface area contributed by atoms with E-state index in [0.29, 0.717) is 19.1 Å². The number of rotatable bonds is 2. The van der Waals surface area contributed by atoms with Crippen LogP contribution >= 0.6 is 0 Å². The minimum Gasteiger partial charge on any atom is -0.354 e. The molecule has 0 aromatic carbocycles. The summed E-state index contributed by atoms with van der Waals surface area (Å²) >= 11 is 0. The molecule has 2 aliphatic heterocycles. The number of H-pyrrole nitrogens is 1. The molecule has 0 radical (unpaired) electrons. The normalized spacial score (nSPS) is 23.3. The van der Waals surface area contributed by atoms with Gasteiger partial charge in [0.25, 0.3) is 0 Å². The van der Waals surface area contributed by atoms with Gasteiger partial charge in [-0.3, -0.25) is 4.79 Å². The second-order valence-electron chi connectivity index (χ2n) is 6.68. The van der Waals surface area contributed by atoms with Crippen molar-refractivity contribution in [1.29, 1.82) is 5.26 Å². The summed E-state index contributed by atoms with van der Waals surface area (Å²) < 4.78 is 0. The molecule has 128 valence electrons. The third-order valence-corrected chi connectivity index (χ3v) is 5.11. The molecule has 7 nitrogen and oxygen atoms in total. The van der Waals surface area contributed by atoms with Gasteiger partial charge in [0.1, 0.15) is 24.7 Å². The molecular weight excluding hydrogens is 304 g/mol. The minimum absolute atomic E-state index is 0.0431. The largest absolute Gasteiger partial charge is 0.354 e. The number of nitrogens with zero attached hydrogens (tertiary/aromatic N) is 5. The fraction of sp³-hybridized carbons (Fsp3) is 0.588. The fourth-order valence-corrected chi connectivity index (χ4v) is 3.60. The summed E-state index contributed by atoms with van der Waals surface area (Å²) in [5.74, 6) is 2.44. The van der Waals surface area contributed by atoms with Crippen molar-refractivity contribution >= 4 is 17.6 Å². The zero-order valence-corrected chi connectivity index (χ0v) is 14.5. The number of carbonyl (C=O) groups is 1. The van der Waals surface area contributed by atoms with Gasteiger partial charge in [0.05, 0.1) is 17.7 Å². The highest BCUT2D eigenvalue weighted by molar-refractivity contribution is 6.04. The summed E-state index contributed by atoms with van der Waals surface area (Å²) in [6, 6.07) is 4.21. The van der Waals surface area contributed by atoms with Gasteiger partial charge in [0.2, 0.25) is 5.91 Å². The number of nitrogens with one attached hydrogen (secondary N) is 1. The van der Waals surface area contributed by atoms with E-state index in [4.69, 9.17) is 10.3 Å². The Hall–Kier alpha value is -2.49. The molecule has 3 rings (SSSR count). The lowest BCUT2D eigenvalue weighted by molar-refractivity contribution is -0.132. The van der Waals surface area contributed by atoms with Crippen LogP contribution in [0, 0.1) is 17.2 Å². The Labute approximate surface area is 142 Å². The van der Waals surface area contributed by atoms with Crippen LogP contribution in [0.1, 0.15) is 25.3 Å². The van der Waals surface area contributed by atoms with Gasteiger partial charge in [-0.1, -0.05) is 6.92 Å². The lowest BCUT2D eigenvalue weighted by atomic mass is 9.91. The summed E-state index contributed by atoms with van der Waals surface area (Å²) in [5.41, 5.74) is 1.10. The number of likely N-dealkylation sites (N-methyl/N-ethyl adjacent to an activating group) is 1. The second-order valence-corrected chi connectivity index (χ2v) is 6.68. The Morgan fingerprint density at radius 2 is 2.38 bits per heavy atom. The van der Waals surface area contributed by atoms with E-state index in [1.807, 2.05) is 30.3 Å². The quantitative estimate of drug-likeness (QED) is 0.886. The summed E-state index contributed by atoms with van der Waals surface area (Å²) in [5, 5.41) is 8.77. The van der Waals surface area contributed by atoms with Crippen LogP contribution in [-0.4, -0.2) is 66.4 Å². The maximum absolute atomic E-state index is 12.1. The zero-order chi connectivity index (χ0) is 17.3. The van der Waals surface area contributed by atoms with Crippen LogP contribution in [0.25, 0.3) is 0 Å². The number of hydrogen-bond donors (Lipinski definition) is 1. The van der Waals surface area contributed by atoms with Gasteiger partial charge in [-0.2, -0.15) is 5.26 Å². The predicted molar refractivity (Wildman–Crippen MR) is 92.7 cm³/mol. The molecule has 1 N–H and O–H groups in total. The Morgan fingerprint density at radius 1 is 1.58 bits per heavy atom. The number of fused-ring (bicyclic) bond motifs is 1. The minimum atomic E-state index is -0.0737. The van der Waals surface area contributed by atoms with Crippen LogP contribution in [0.15, 0.2) is 17.3 Å². The van der Waals surface area contributed by atoms with Crippen molar-refractivity contribution in [2.75, 3.05) is 38.8 Å². The Bertz CT molecular complexity index is 687. The molecule has 0 spiro atoms. The number of amides is 1. The maximum Gasteiger partial charge on any atom is 0.236 e. The Morgan fingerprint density at radius 3 is 3.12 bits per heavy atom. The molecular formula is C17H24N6O. The van der Waals surface area contributed by atoms with Crippen molar-refractivity contribution in [2.24, 2.45) is 10.9 Å². The van der Waals surface area contributed by atoms with Gasteiger partial charge < -0.3 is 19.7 Å². The van der Waals surface area contributed by atoms with Gasteiger partial charge in [-0.15, -0.1) is 0 Å². The number of piperidine rings is 1. The first-order valence-electron chi connectivity index (χ1n) is 8.33. The van der Waals surface area contributed by atoms with Gasteiger partial charge in [-0.05, 0) is 18.4 Å². The smallest absolute Gasteiger partial charge is 0.236 e. The Balaban J connectivity index is 1.80. The van der Waals surface area contributed by atoms with Gasteiger partial charge in [0.15, 0.2) is 0 Å². The van der Waals surface area contributed by atoms with Crippen LogP contribution in [0.4, 0.5) is 5.82 Å². The summed E-state index contributed by atoms with van der Waals surface area (Å²) in [6.07, 6.45) is 2.83. The number of anilines is 1. The molecule has 1 aromatic heterocycles. The molecule has 2 atom stereocenters. The van der Waals surface area contributed by atoms with Crippen LogP contribution in [0.3, 0.4) is 0 Å². The molecule has 1 saturated heterocycles. The van der Waals surface area contributed by atoms with Crippen molar-refractivity contribution in [3.63, 3.8) is 0 Å². The van der Waals surface area contributed by atoms with E-state index in [0.717, 1.165) is 30.2 Å². The number of carbonyl (C=O) groups excluding carboxylic acids is 1. The topological polar surface area (TPSA) is 78.7 Å². The SMILES string of the molecule is C[C@H]1CCN(C(=O)CC#N)C[C@H]1N(C)C1=NCN(C)c2[nH]ccc21. The first-order chi connectivity index (χ1) is 11.5. The van der Waals surface area contributed by atoms with Crippen molar-refractivity contribution < 1.29 is 4.79 Å². The molecule has 1 aromatic rings. The van der Waals surface area contributed by atoms with E-state index in [1.165, 1.54) is 0 Å². The molecule has 3 heterocycles. The number of hydrogen-bond acceptors (Lipinski definition) is 5. The zero-order valence-electron chi connectivity index (χ0n) is 14.5. The third-order valence-electron chi connectivity index (χ3n) is 5.11. The fourth-order valence-electron chi connectivity index (χ4n) is 3.60. The number of aliphatic imine (C=N–C) groups is 1. The highest BCUT2D eigenvalue weighted by Gasteiger charge is 2.34. The van der Waals surface area contributed by atoms with Crippen LogP contribution in [0.5, 0.6) is 0 Å². The lowest BCUT2D eigenvalue weighted by Gasteiger charge is -2.43. The number of amidine groups is 1. The average molecular weight is 328 g/mol. The lowest BCUT2D eigenvalue weighted by Crippen LogP contribution is -2.54. The maximum atomic E-state index is 12.1. The number of aromatic amines is 1. The highest BCUT2D eigenvalue weighted by Crippen LogP contribution is 2.28. The second kappa shape index (κ2) is 6.56. The number of nitriles is 1. The summed E-state index contributed by atoms with van der Waals surface area (Å²) in [6.45, 7) is 4.22. The van der Waals surface area contributed by atoms with Gasteiger partial charge >= 0.3 is 0 Å².